The summed E-state index contributed by atoms with van der Waals surface area (Å²) in [5.41, 5.74) is 0.0441. The molecular weight excluding hydrogens is 255 g/mol. The number of rotatable bonds is 2. The van der Waals surface area contributed by atoms with Gasteiger partial charge in [-0.1, -0.05) is 0 Å². The van der Waals surface area contributed by atoms with Crippen molar-refractivity contribution < 1.29 is 22.9 Å². The fraction of sp³-hybridized carbons (Fsp3) is 0.111. The molecular formula is C9H4F3N3O3. The normalized spacial score (nSPS) is 10.8. The number of hydrogen-bond acceptors (Lipinski definition) is 4. The lowest BCUT2D eigenvalue weighted by Gasteiger charge is -2.11. The van der Waals surface area contributed by atoms with Gasteiger partial charge in [0, 0.05) is 6.07 Å². The first kappa shape index (κ1) is 13.4. The molecule has 0 atom stereocenters. The summed E-state index contributed by atoms with van der Waals surface area (Å²) in [6.45, 7) is 0. The Kier molecular flexibility index (Phi) is 3.23. The smallest absolute Gasteiger partial charge is 0.366 e. The molecule has 0 aliphatic heterocycles. The monoisotopic (exact) mass is 259 g/mol. The number of carbonyl (C=O) groups excluding carboxylic acids is 1. The third-order valence-corrected chi connectivity index (χ3v) is 1.99. The molecule has 0 aliphatic rings. The number of nitriles is 1. The van der Waals surface area contributed by atoms with Crippen molar-refractivity contribution in [2.45, 2.75) is 6.18 Å². The maximum absolute atomic E-state index is 12.7. The Hall–Kier alpha value is -2.63. The van der Waals surface area contributed by atoms with Crippen LogP contribution in [0.1, 0.15) is 21.5 Å². The van der Waals surface area contributed by atoms with Gasteiger partial charge in [0.25, 0.3) is 5.69 Å². The van der Waals surface area contributed by atoms with Gasteiger partial charge in [0.05, 0.1) is 22.1 Å². The zero-order valence-corrected chi connectivity index (χ0v) is 8.49. The number of nitrogens with two attached hydrogens (primary N) is 1. The van der Waals surface area contributed by atoms with Crippen molar-refractivity contribution in [2.24, 2.45) is 5.73 Å². The van der Waals surface area contributed by atoms with Gasteiger partial charge in [0.15, 0.2) is 0 Å². The van der Waals surface area contributed by atoms with Crippen LogP contribution < -0.4 is 5.73 Å². The second-order valence-corrected chi connectivity index (χ2v) is 3.15. The van der Waals surface area contributed by atoms with Gasteiger partial charge < -0.3 is 5.73 Å². The molecule has 18 heavy (non-hydrogen) atoms. The minimum Gasteiger partial charge on any atom is -0.366 e. The molecule has 0 aromatic heterocycles. The lowest BCUT2D eigenvalue weighted by molar-refractivity contribution is -0.388. The molecule has 0 heterocycles. The van der Waals surface area contributed by atoms with Crippen LogP contribution in [0.5, 0.6) is 0 Å². The fourth-order valence-corrected chi connectivity index (χ4v) is 1.33. The highest BCUT2D eigenvalue weighted by Gasteiger charge is 2.42. The van der Waals surface area contributed by atoms with Crippen molar-refractivity contribution in [1.29, 1.82) is 5.26 Å². The molecule has 1 aromatic carbocycles. The minimum atomic E-state index is -5.12. The number of benzene rings is 1. The lowest BCUT2D eigenvalue weighted by atomic mass is 10.0. The van der Waals surface area contributed by atoms with Crippen LogP contribution in [-0.4, -0.2) is 10.8 Å². The fourth-order valence-electron chi connectivity index (χ4n) is 1.33. The van der Waals surface area contributed by atoms with Crippen molar-refractivity contribution in [1.82, 2.24) is 0 Å². The topological polar surface area (TPSA) is 110 Å². The first-order valence-electron chi connectivity index (χ1n) is 4.28. The van der Waals surface area contributed by atoms with Crippen LogP contribution in [0.4, 0.5) is 18.9 Å². The third-order valence-electron chi connectivity index (χ3n) is 1.99. The summed E-state index contributed by atoms with van der Waals surface area (Å²) in [4.78, 5) is 20.1. The van der Waals surface area contributed by atoms with Crippen molar-refractivity contribution in [2.75, 3.05) is 0 Å². The predicted octanol–water partition coefficient (Wildman–Crippen LogP) is 1.58. The molecule has 1 aromatic rings. The average molecular weight is 259 g/mol. The van der Waals surface area contributed by atoms with Crippen LogP contribution >= 0.6 is 0 Å². The molecule has 0 bridgehead atoms. The highest BCUT2D eigenvalue weighted by atomic mass is 19.4. The number of primary amides is 1. The standard InChI is InChI=1S/C9H4F3N3O3/c10-9(11,12)7-5(8(14)16)1-4(3-13)2-6(7)15(17)18/h1-2H,(H2,14,16). The number of amides is 1. The number of carbonyl (C=O) groups is 1. The average Bonchev–Trinajstić information content (AvgIpc) is 2.25. The van der Waals surface area contributed by atoms with E-state index in [0.717, 1.165) is 0 Å². The Morgan fingerprint density at radius 3 is 2.33 bits per heavy atom. The Bertz CT molecular complexity index is 540. The third kappa shape index (κ3) is 2.37. The van der Waals surface area contributed by atoms with Gasteiger partial charge in [-0.05, 0) is 6.07 Å². The minimum absolute atomic E-state index is 0.440. The summed E-state index contributed by atoms with van der Waals surface area (Å²) in [6.07, 6.45) is -5.12. The summed E-state index contributed by atoms with van der Waals surface area (Å²) in [5.74, 6) is -1.50. The quantitative estimate of drug-likeness (QED) is 0.642. The van der Waals surface area contributed by atoms with Gasteiger partial charge in [-0.25, -0.2) is 0 Å². The van der Waals surface area contributed by atoms with Crippen LogP contribution in [0.15, 0.2) is 12.1 Å². The molecule has 2 N–H and O–H groups in total. The van der Waals surface area contributed by atoms with Crippen molar-refractivity contribution >= 4 is 11.6 Å². The largest absolute Gasteiger partial charge is 0.423 e. The van der Waals surface area contributed by atoms with E-state index in [1.54, 1.807) is 0 Å². The van der Waals surface area contributed by atoms with Gasteiger partial charge in [-0.15, -0.1) is 0 Å². The zero-order chi connectivity index (χ0) is 14.1. The molecule has 0 saturated heterocycles. The Balaban J connectivity index is 3.79. The van der Waals surface area contributed by atoms with E-state index in [9.17, 15) is 28.1 Å². The molecule has 0 radical (unpaired) electrons. The first-order valence-corrected chi connectivity index (χ1v) is 4.28. The van der Waals surface area contributed by atoms with E-state index in [0.29, 0.717) is 12.1 Å². The van der Waals surface area contributed by atoms with E-state index >= 15 is 0 Å². The van der Waals surface area contributed by atoms with E-state index in [4.69, 9.17) is 11.0 Å². The van der Waals surface area contributed by atoms with Crippen LogP contribution in [0.2, 0.25) is 0 Å². The molecule has 0 aliphatic carbocycles. The molecule has 6 nitrogen and oxygen atoms in total. The van der Waals surface area contributed by atoms with Gasteiger partial charge in [0.1, 0.15) is 5.56 Å². The predicted molar refractivity (Wildman–Crippen MR) is 51.3 cm³/mol. The van der Waals surface area contributed by atoms with Gasteiger partial charge in [-0.3, -0.25) is 14.9 Å². The van der Waals surface area contributed by atoms with E-state index in [1.165, 1.54) is 6.07 Å². The van der Waals surface area contributed by atoms with Crippen LogP contribution in [0.25, 0.3) is 0 Å². The number of alkyl halides is 3. The van der Waals surface area contributed by atoms with E-state index in [2.05, 4.69) is 0 Å². The number of hydrogen-bond donors (Lipinski definition) is 1. The molecule has 0 saturated carbocycles. The molecule has 1 amide bonds. The second kappa shape index (κ2) is 4.33. The molecule has 0 fully saturated rings. The van der Waals surface area contributed by atoms with Crippen LogP contribution in [-0.2, 0) is 6.18 Å². The number of nitro benzene ring substituents is 1. The maximum Gasteiger partial charge on any atom is 0.423 e. The molecule has 94 valence electrons. The number of halogens is 3. The van der Waals surface area contributed by atoms with Crippen LogP contribution in [0.3, 0.4) is 0 Å². The molecule has 1 rings (SSSR count). The summed E-state index contributed by atoms with van der Waals surface area (Å²) < 4.78 is 38.0. The Morgan fingerprint density at radius 1 is 1.44 bits per heavy atom. The maximum atomic E-state index is 12.7. The van der Waals surface area contributed by atoms with Gasteiger partial charge in [-0.2, -0.15) is 18.4 Å². The number of nitrogens with zero attached hydrogens (tertiary/aromatic N) is 2. The van der Waals surface area contributed by atoms with Crippen molar-refractivity contribution in [3.8, 4) is 6.07 Å². The van der Waals surface area contributed by atoms with Gasteiger partial charge in [0.2, 0.25) is 5.91 Å². The first-order chi connectivity index (χ1) is 8.18. The Morgan fingerprint density at radius 2 is 2.00 bits per heavy atom. The summed E-state index contributed by atoms with van der Waals surface area (Å²) in [7, 11) is 0. The molecule has 9 heteroatoms. The lowest BCUT2D eigenvalue weighted by Crippen LogP contribution is -2.20. The highest BCUT2D eigenvalue weighted by Crippen LogP contribution is 2.39. The van der Waals surface area contributed by atoms with Gasteiger partial charge >= 0.3 is 6.18 Å². The summed E-state index contributed by atoms with van der Waals surface area (Å²) in [6, 6.07) is 2.42. The Labute approximate surface area is 97.6 Å². The number of nitro groups is 1. The molecule has 0 unspecified atom stereocenters. The highest BCUT2D eigenvalue weighted by molar-refractivity contribution is 5.96. The van der Waals surface area contributed by atoms with E-state index in [1.807, 2.05) is 0 Å². The van der Waals surface area contributed by atoms with Crippen molar-refractivity contribution in [3.05, 3.63) is 38.9 Å². The van der Waals surface area contributed by atoms with Crippen LogP contribution in [0, 0.1) is 21.4 Å². The summed E-state index contributed by atoms with van der Waals surface area (Å²) >= 11 is 0. The van der Waals surface area contributed by atoms with E-state index < -0.39 is 39.4 Å². The summed E-state index contributed by atoms with van der Waals surface area (Å²) in [5, 5.41) is 19.1. The van der Waals surface area contributed by atoms with E-state index in [-0.39, 0.29) is 0 Å². The second-order valence-electron chi connectivity index (χ2n) is 3.15. The van der Waals surface area contributed by atoms with Crippen molar-refractivity contribution in [3.63, 3.8) is 0 Å². The molecule has 0 spiro atoms. The SMILES string of the molecule is N#Cc1cc(C(N)=O)c(C(F)(F)F)c([N+](=O)[O-])c1. The zero-order valence-electron chi connectivity index (χ0n) is 8.49.